The number of hydrogen-bond acceptors (Lipinski definition) is 4. The topological polar surface area (TPSA) is 73.6 Å². The molecule has 1 heterocycles. The number of aryl methyl sites for hydroxylation is 1. The molecule has 1 aromatic carbocycles. The summed E-state index contributed by atoms with van der Waals surface area (Å²) in [7, 11) is 0. The molecule has 1 aliphatic heterocycles. The fourth-order valence-corrected chi connectivity index (χ4v) is 2.37. The van der Waals surface area contributed by atoms with Crippen LogP contribution in [-0.2, 0) is 9.53 Å². The van der Waals surface area contributed by atoms with Crippen molar-refractivity contribution in [2.24, 2.45) is 5.73 Å². The maximum absolute atomic E-state index is 11.9. The van der Waals surface area contributed by atoms with E-state index in [2.05, 4.69) is 5.32 Å². The van der Waals surface area contributed by atoms with E-state index in [-0.39, 0.29) is 24.6 Å². The van der Waals surface area contributed by atoms with Gasteiger partial charge in [-0.05, 0) is 43.9 Å². The second-order valence-electron chi connectivity index (χ2n) is 5.56. The van der Waals surface area contributed by atoms with Gasteiger partial charge in [-0.15, -0.1) is 0 Å². The van der Waals surface area contributed by atoms with Crippen molar-refractivity contribution in [3.05, 3.63) is 29.3 Å². The van der Waals surface area contributed by atoms with Crippen LogP contribution in [0.5, 0.6) is 5.75 Å². The van der Waals surface area contributed by atoms with Gasteiger partial charge in [0, 0.05) is 25.3 Å². The summed E-state index contributed by atoms with van der Waals surface area (Å²) in [6.07, 6.45) is 1.74. The average molecular weight is 292 g/mol. The molecule has 21 heavy (non-hydrogen) atoms. The molecule has 0 unspecified atom stereocenters. The predicted octanol–water partition coefficient (Wildman–Crippen LogP) is 1.69. The van der Waals surface area contributed by atoms with Crippen LogP contribution in [0, 0.1) is 6.92 Å². The third kappa shape index (κ3) is 4.72. The van der Waals surface area contributed by atoms with Gasteiger partial charge in [0.25, 0.3) is 5.91 Å². The molecule has 1 amide bonds. The molecule has 1 atom stereocenters. The van der Waals surface area contributed by atoms with Crippen molar-refractivity contribution in [1.29, 1.82) is 0 Å². The highest BCUT2D eigenvalue weighted by atomic mass is 16.5. The van der Waals surface area contributed by atoms with Crippen LogP contribution in [0.2, 0.25) is 0 Å². The summed E-state index contributed by atoms with van der Waals surface area (Å²) in [5.41, 5.74) is 7.89. The van der Waals surface area contributed by atoms with Gasteiger partial charge in [0.2, 0.25) is 0 Å². The molecule has 0 aliphatic carbocycles. The van der Waals surface area contributed by atoms with E-state index in [1.54, 1.807) is 0 Å². The number of ether oxygens (including phenoxy) is 2. The lowest BCUT2D eigenvalue weighted by atomic mass is 10.1. The second kappa shape index (κ2) is 7.43. The van der Waals surface area contributed by atoms with Gasteiger partial charge in [-0.1, -0.05) is 12.1 Å². The number of rotatable bonds is 5. The van der Waals surface area contributed by atoms with Gasteiger partial charge < -0.3 is 20.5 Å². The highest BCUT2D eigenvalue weighted by Crippen LogP contribution is 2.21. The monoisotopic (exact) mass is 292 g/mol. The number of carbonyl (C=O) groups excluding carboxylic acids is 1. The van der Waals surface area contributed by atoms with Gasteiger partial charge in [0.05, 0.1) is 0 Å². The molecule has 3 N–H and O–H groups in total. The molecule has 0 radical (unpaired) electrons. The Morgan fingerprint density at radius 3 is 2.81 bits per heavy atom. The molecule has 5 nitrogen and oxygen atoms in total. The van der Waals surface area contributed by atoms with E-state index in [1.807, 2.05) is 32.0 Å². The molecule has 116 valence electrons. The standard InChI is InChI=1S/C16H24N2O3/c1-11-9-13(12(2)17)3-4-15(11)21-10-16(19)18-14-5-7-20-8-6-14/h3-4,9,12,14H,5-8,10,17H2,1-2H3,(H,18,19)/t12-/m0/s1. The van der Waals surface area contributed by atoms with E-state index < -0.39 is 0 Å². The van der Waals surface area contributed by atoms with Crippen LogP contribution in [0.4, 0.5) is 0 Å². The largest absolute Gasteiger partial charge is 0.484 e. The number of hydrogen-bond donors (Lipinski definition) is 2. The molecule has 0 aromatic heterocycles. The molecule has 1 aromatic rings. The summed E-state index contributed by atoms with van der Waals surface area (Å²) in [6.45, 7) is 5.36. The predicted molar refractivity (Wildman–Crippen MR) is 81.3 cm³/mol. The van der Waals surface area contributed by atoms with Crippen LogP contribution in [-0.4, -0.2) is 31.8 Å². The van der Waals surface area contributed by atoms with Gasteiger partial charge >= 0.3 is 0 Å². The fraction of sp³-hybridized carbons (Fsp3) is 0.562. The van der Waals surface area contributed by atoms with Gasteiger partial charge in [-0.2, -0.15) is 0 Å². The van der Waals surface area contributed by atoms with E-state index in [1.165, 1.54) is 0 Å². The molecule has 2 rings (SSSR count). The second-order valence-corrected chi connectivity index (χ2v) is 5.56. The zero-order valence-corrected chi connectivity index (χ0v) is 12.7. The number of carbonyl (C=O) groups is 1. The quantitative estimate of drug-likeness (QED) is 0.866. The summed E-state index contributed by atoms with van der Waals surface area (Å²) in [6, 6.07) is 6.00. The normalized spacial score (nSPS) is 17.3. The number of amides is 1. The fourth-order valence-electron chi connectivity index (χ4n) is 2.37. The van der Waals surface area contributed by atoms with E-state index in [4.69, 9.17) is 15.2 Å². The minimum absolute atomic E-state index is 0.00503. The average Bonchev–Trinajstić information content (AvgIpc) is 2.47. The molecule has 0 spiro atoms. The Bertz CT molecular complexity index is 482. The van der Waals surface area contributed by atoms with Gasteiger partial charge in [-0.3, -0.25) is 4.79 Å². The van der Waals surface area contributed by atoms with E-state index in [9.17, 15) is 4.79 Å². The zero-order valence-electron chi connectivity index (χ0n) is 12.7. The minimum atomic E-state index is -0.0856. The summed E-state index contributed by atoms with van der Waals surface area (Å²) in [4.78, 5) is 11.9. The van der Waals surface area contributed by atoms with Crippen LogP contribution < -0.4 is 15.8 Å². The SMILES string of the molecule is Cc1cc([C@H](C)N)ccc1OCC(=O)NC1CCOCC1. The lowest BCUT2D eigenvalue weighted by Crippen LogP contribution is -2.41. The maximum Gasteiger partial charge on any atom is 0.258 e. The van der Waals surface area contributed by atoms with Crippen molar-refractivity contribution in [2.45, 2.75) is 38.8 Å². The van der Waals surface area contributed by atoms with Crippen molar-refractivity contribution < 1.29 is 14.3 Å². The Labute approximate surface area is 125 Å². The van der Waals surface area contributed by atoms with Crippen LogP contribution in [0.3, 0.4) is 0 Å². The van der Waals surface area contributed by atoms with Crippen molar-refractivity contribution >= 4 is 5.91 Å². The van der Waals surface area contributed by atoms with Crippen molar-refractivity contribution in [3.63, 3.8) is 0 Å². The highest BCUT2D eigenvalue weighted by molar-refractivity contribution is 5.77. The maximum atomic E-state index is 11.9. The Morgan fingerprint density at radius 1 is 1.48 bits per heavy atom. The first-order valence-corrected chi connectivity index (χ1v) is 7.42. The van der Waals surface area contributed by atoms with Crippen molar-refractivity contribution in [1.82, 2.24) is 5.32 Å². The van der Waals surface area contributed by atoms with E-state index in [0.717, 1.165) is 29.7 Å². The smallest absolute Gasteiger partial charge is 0.258 e. The van der Waals surface area contributed by atoms with Crippen LogP contribution in [0.25, 0.3) is 0 Å². The summed E-state index contributed by atoms with van der Waals surface area (Å²) < 4.78 is 10.9. The molecule has 1 saturated heterocycles. The Kier molecular flexibility index (Phi) is 5.59. The van der Waals surface area contributed by atoms with Crippen molar-refractivity contribution in [3.8, 4) is 5.75 Å². The molecular weight excluding hydrogens is 268 g/mol. The number of benzene rings is 1. The Hall–Kier alpha value is -1.59. The lowest BCUT2D eigenvalue weighted by Gasteiger charge is -2.23. The molecule has 5 heteroatoms. The molecule has 1 aliphatic rings. The number of nitrogens with two attached hydrogens (primary N) is 1. The molecule has 1 fully saturated rings. The highest BCUT2D eigenvalue weighted by Gasteiger charge is 2.16. The van der Waals surface area contributed by atoms with Crippen LogP contribution in [0.1, 0.15) is 36.9 Å². The first-order chi connectivity index (χ1) is 10.1. The first kappa shape index (κ1) is 15.8. The molecule has 0 saturated carbocycles. The Morgan fingerprint density at radius 2 is 2.19 bits per heavy atom. The van der Waals surface area contributed by atoms with E-state index in [0.29, 0.717) is 13.2 Å². The zero-order chi connectivity index (χ0) is 15.2. The van der Waals surface area contributed by atoms with Gasteiger partial charge in [0.15, 0.2) is 6.61 Å². The third-order valence-electron chi connectivity index (χ3n) is 3.67. The Balaban J connectivity index is 1.83. The van der Waals surface area contributed by atoms with Crippen LogP contribution in [0.15, 0.2) is 18.2 Å². The third-order valence-corrected chi connectivity index (χ3v) is 3.67. The first-order valence-electron chi connectivity index (χ1n) is 7.42. The number of nitrogens with one attached hydrogen (secondary N) is 1. The van der Waals surface area contributed by atoms with E-state index >= 15 is 0 Å². The summed E-state index contributed by atoms with van der Waals surface area (Å²) in [5, 5.41) is 2.97. The molecular formula is C16H24N2O3. The summed E-state index contributed by atoms with van der Waals surface area (Å²) in [5.74, 6) is 0.638. The van der Waals surface area contributed by atoms with Crippen molar-refractivity contribution in [2.75, 3.05) is 19.8 Å². The minimum Gasteiger partial charge on any atom is -0.484 e. The lowest BCUT2D eigenvalue weighted by molar-refractivity contribution is -0.124. The van der Waals surface area contributed by atoms with Gasteiger partial charge in [0.1, 0.15) is 5.75 Å². The molecule has 0 bridgehead atoms. The summed E-state index contributed by atoms with van der Waals surface area (Å²) >= 11 is 0. The van der Waals surface area contributed by atoms with Gasteiger partial charge in [-0.25, -0.2) is 0 Å². The van der Waals surface area contributed by atoms with Crippen LogP contribution >= 0.6 is 0 Å².